The summed E-state index contributed by atoms with van der Waals surface area (Å²) in [6.45, 7) is 2.73. The maximum absolute atomic E-state index is 12.5. The second kappa shape index (κ2) is 6.07. The highest BCUT2D eigenvalue weighted by Crippen LogP contribution is 2.19. The second-order valence-electron chi connectivity index (χ2n) is 4.43. The van der Waals surface area contributed by atoms with Crippen molar-refractivity contribution in [2.45, 2.75) is 32.2 Å². The Morgan fingerprint density at radius 1 is 1.18 bits per heavy atom. The first-order valence-corrected chi connectivity index (χ1v) is 6.11. The van der Waals surface area contributed by atoms with Gasteiger partial charge in [0, 0.05) is 25.2 Å². The molecule has 0 saturated carbocycles. The van der Waals surface area contributed by atoms with Crippen LogP contribution in [0.5, 0.6) is 0 Å². The number of hydrazine groups is 1. The molecule has 0 aromatic heterocycles. The molecule has 0 spiro atoms. The number of nitrogens with zero attached hydrogens (tertiary/aromatic N) is 1. The summed E-state index contributed by atoms with van der Waals surface area (Å²) in [5, 5.41) is 2.18. The molecule has 0 bridgehead atoms. The lowest BCUT2D eigenvalue weighted by Crippen LogP contribution is -2.41. The molecule has 0 unspecified atom stereocenters. The van der Waals surface area contributed by atoms with Gasteiger partial charge in [-0.05, 0) is 24.5 Å². The lowest BCUT2D eigenvalue weighted by molar-refractivity contribution is 0.148. The van der Waals surface area contributed by atoms with E-state index in [0.717, 1.165) is 18.7 Å². The van der Waals surface area contributed by atoms with Crippen molar-refractivity contribution < 1.29 is 8.78 Å². The predicted octanol–water partition coefficient (Wildman–Crippen LogP) is 3.11. The van der Waals surface area contributed by atoms with Crippen LogP contribution in [0.25, 0.3) is 0 Å². The van der Waals surface area contributed by atoms with E-state index in [9.17, 15) is 8.78 Å². The molecule has 2 nitrogen and oxygen atoms in total. The highest BCUT2D eigenvalue weighted by Gasteiger charge is 2.10. The molecule has 1 N–H and O–H groups in total. The maximum atomic E-state index is 12.5. The van der Waals surface area contributed by atoms with Gasteiger partial charge in [-0.15, -0.1) is 0 Å². The number of hydrogen-bond donors (Lipinski definition) is 1. The number of piperidine rings is 1. The highest BCUT2D eigenvalue weighted by atomic mass is 19.3. The zero-order valence-electron chi connectivity index (χ0n) is 9.83. The Hall–Kier alpha value is -1.00. The van der Waals surface area contributed by atoms with Gasteiger partial charge in [0.1, 0.15) is 0 Å². The largest absolute Gasteiger partial charge is 0.263 e. The molecular weight excluding hydrogens is 222 g/mol. The fourth-order valence-corrected chi connectivity index (χ4v) is 2.09. The summed E-state index contributed by atoms with van der Waals surface area (Å²) in [6, 6.07) is 6.61. The Bertz CT molecular complexity index is 349. The number of alkyl halides is 2. The van der Waals surface area contributed by atoms with Crippen molar-refractivity contribution >= 4 is 0 Å². The van der Waals surface area contributed by atoms with Crippen molar-refractivity contribution in [3.63, 3.8) is 0 Å². The van der Waals surface area contributed by atoms with E-state index >= 15 is 0 Å². The molecule has 4 heteroatoms. The van der Waals surface area contributed by atoms with E-state index in [-0.39, 0.29) is 5.56 Å². The molecule has 1 saturated heterocycles. The van der Waals surface area contributed by atoms with E-state index in [1.54, 1.807) is 12.1 Å². The minimum Gasteiger partial charge on any atom is -0.251 e. The summed E-state index contributed by atoms with van der Waals surface area (Å²) < 4.78 is 25.0. The van der Waals surface area contributed by atoms with E-state index < -0.39 is 6.43 Å². The Morgan fingerprint density at radius 2 is 1.94 bits per heavy atom. The smallest absolute Gasteiger partial charge is 0.251 e. The molecule has 0 amide bonds. The molecule has 0 aliphatic carbocycles. The standard InChI is InChI=1S/C13H18F2N2/c14-13(15)12-6-4-5-11(9-12)10-16-17-7-2-1-3-8-17/h4-6,9,13,16H,1-3,7-8,10H2. The van der Waals surface area contributed by atoms with Crippen LogP contribution in [0.4, 0.5) is 8.78 Å². The van der Waals surface area contributed by atoms with Crippen molar-refractivity contribution in [1.29, 1.82) is 0 Å². The number of hydrogen-bond acceptors (Lipinski definition) is 2. The van der Waals surface area contributed by atoms with Crippen molar-refractivity contribution in [1.82, 2.24) is 10.4 Å². The lowest BCUT2D eigenvalue weighted by atomic mass is 10.1. The Kier molecular flexibility index (Phi) is 4.45. The van der Waals surface area contributed by atoms with Crippen LogP contribution in [0.15, 0.2) is 24.3 Å². The SMILES string of the molecule is FC(F)c1cccc(CNN2CCCCC2)c1. The fraction of sp³-hybridized carbons (Fsp3) is 0.538. The molecule has 0 radical (unpaired) electrons. The van der Waals surface area contributed by atoms with E-state index in [1.165, 1.54) is 25.3 Å². The zero-order chi connectivity index (χ0) is 12.1. The van der Waals surface area contributed by atoms with Gasteiger partial charge in [-0.2, -0.15) is 0 Å². The van der Waals surface area contributed by atoms with E-state index in [1.807, 2.05) is 6.07 Å². The highest BCUT2D eigenvalue weighted by molar-refractivity contribution is 5.24. The number of halogens is 2. The number of rotatable bonds is 4. The van der Waals surface area contributed by atoms with Crippen molar-refractivity contribution in [2.75, 3.05) is 13.1 Å². The molecule has 1 aliphatic rings. The molecule has 1 aromatic carbocycles. The van der Waals surface area contributed by atoms with Crippen LogP contribution >= 0.6 is 0 Å². The van der Waals surface area contributed by atoms with Gasteiger partial charge in [-0.25, -0.2) is 13.8 Å². The van der Waals surface area contributed by atoms with Crippen LogP contribution in [0.1, 0.15) is 36.8 Å². The molecular formula is C13H18F2N2. The molecule has 0 atom stereocenters. The van der Waals surface area contributed by atoms with Gasteiger partial charge in [0.05, 0.1) is 0 Å². The van der Waals surface area contributed by atoms with Gasteiger partial charge in [0.15, 0.2) is 0 Å². The molecule has 2 rings (SSSR count). The van der Waals surface area contributed by atoms with Gasteiger partial charge in [0.25, 0.3) is 6.43 Å². The minimum absolute atomic E-state index is 0.0999. The first kappa shape index (κ1) is 12.5. The van der Waals surface area contributed by atoms with Crippen LogP contribution in [-0.4, -0.2) is 18.1 Å². The van der Waals surface area contributed by atoms with Gasteiger partial charge in [-0.3, -0.25) is 5.43 Å². The first-order valence-electron chi connectivity index (χ1n) is 6.11. The van der Waals surface area contributed by atoms with E-state index in [2.05, 4.69) is 10.4 Å². The summed E-state index contributed by atoms with van der Waals surface area (Å²) >= 11 is 0. The molecule has 94 valence electrons. The van der Waals surface area contributed by atoms with E-state index in [0.29, 0.717) is 6.54 Å². The third-order valence-corrected chi connectivity index (χ3v) is 3.07. The third kappa shape index (κ3) is 3.75. The second-order valence-corrected chi connectivity index (χ2v) is 4.43. The summed E-state index contributed by atoms with van der Waals surface area (Å²) in [5.74, 6) is 0. The topological polar surface area (TPSA) is 15.3 Å². The fourth-order valence-electron chi connectivity index (χ4n) is 2.09. The van der Waals surface area contributed by atoms with Crippen LogP contribution in [0, 0.1) is 0 Å². The summed E-state index contributed by atoms with van der Waals surface area (Å²) in [5.41, 5.74) is 4.30. The average molecular weight is 240 g/mol. The van der Waals surface area contributed by atoms with Crippen molar-refractivity contribution in [3.8, 4) is 0 Å². The van der Waals surface area contributed by atoms with Gasteiger partial charge < -0.3 is 0 Å². The predicted molar refractivity (Wildman–Crippen MR) is 63.7 cm³/mol. The lowest BCUT2D eigenvalue weighted by Gasteiger charge is -2.27. The number of benzene rings is 1. The van der Waals surface area contributed by atoms with Crippen LogP contribution < -0.4 is 5.43 Å². The minimum atomic E-state index is -2.38. The molecule has 1 aromatic rings. The summed E-state index contributed by atoms with van der Waals surface area (Å²) in [6.07, 6.45) is 1.33. The van der Waals surface area contributed by atoms with Gasteiger partial charge in [-0.1, -0.05) is 24.6 Å². The van der Waals surface area contributed by atoms with E-state index in [4.69, 9.17) is 0 Å². The van der Waals surface area contributed by atoms with Crippen molar-refractivity contribution in [3.05, 3.63) is 35.4 Å². The zero-order valence-corrected chi connectivity index (χ0v) is 9.83. The van der Waals surface area contributed by atoms with Crippen LogP contribution in [0.3, 0.4) is 0 Å². The normalized spacial score (nSPS) is 17.6. The molecule has 1 fully saturated rings. The summed E-state index contributed by atoms with van der Waals surface area (Å²) in [7, 11) is 0. The van der Waals surface area contributed by atoms with Gasteiger partial charge in [0.2, 0.25) is 0 Å². The monoisotopic (exact) mass is 240 g/mol. The Morgan fingerprint density at radius 3 is 2.65 bits per heavy atom. The first-order chi connectivity index (χ1) is 8.25. The number of nitrogens with one attached hydrogen (secondary N) is 1. The van der Waals surface area contributed by atoms with Crippen LogP contribution in [-0.2, 0) is 6.54 Å². The molecule has 1 heterocycles. The summed E-state index contributed by atoms with van der Waals surface area (Å²) in [4.78, 5) is 0. The van der Waals surface area contributed by atoms with Gasteiger partial charge >= 0.3 is 0 Å². The maximum Gasteiger partial charge on any atom is 0.263 e. The molecule has 17 heavy (non-hydrogen) atoms. The average Bonchev–Trinajstić information content (AvgIpc) is 2.38. The molecule has 1 aliphatic heterocycles. The van der Waals surface area contributed by atoms with Crippen molar-refractivity contribution in [2.24, 2.45) is 0 Å². The Labute approximate surface area is 101 Å². The van der Waals surface area contributed by atoms with Crippen LogP contribution in [0.2, 0.25) is 0 Å². The quantitative estimate of drug-likeness (QED) is 0.870. The third-order valence-electron chi connectivity index (χ3n) is 3.07. The Balaban J connectivity index is 1.87.